The lowest BCUT2D eigenvalue weighted by molar-refractivity contribution is -0.386. The molecule has 2 atom stereocenters. The van der Waals surface area contributed by atoms with Crippen molar-refractivity contribution in [3.8, 4) is 0 Å². The first-order valence-electron chi connectivity index (χ1n) is 12.4. The number of carbonyl (C=O) groups excluding carboxylic acids is 2. The van der Waals surface area contributed by atoms with E-state index in [-0.39, 0.29) is 35.8 Å². The molecule has 0 radical (unpaired) electrons. The van der Waals surface area contributed by atoms with Crippen molar-refractivity contribution >= 4 is 29.2 Å². The van der Waals surface area contributed by atoms with Gasteiger partial charge in [-0.15, -0.1) is 11.8 Å². The van der Waals surface area contributed by atoms with Crippen molar-refractivity contribution in [2.75, 3.05) is 5.75 Å². The topological polar surface area (TPSA) is 112 Å². The summed E-state index contributed by atoms with van der Waals surface area (Å²) in [6, 6.07) is 9.45. The molecule has 2 unspecified atom stereocenters. The van der Waals surface area contributed by atoms with Crippen LogP contribution in [0.15, 0.2) is 59.8 Å². The molecule has 0 amide bonds. The smallest absolute Gasteiger partial charge is 0.418 e. The molecule has 3 aromatic rings. The summed E-state index contributed by atoms with van der Waals surface area (Å²) in [6.45, 7) is 3.23. The van der Waals surface area contributed by atoms with Crippen molar-refractivity contribution < 1.29 is 45.6 Å². The van der Waals surface area contributed by atoms with Crippen LogP contribution in [0.1, 0.15) is 59.1 Å². The summed E-state index contributed by atoms with van der Waals surface area (Å²) in [4.78, 5) is 44.7. The lowest BCUT2D eigenvalue weighted by Crippen LogP contribution is -2.31. The Morgan fingerprint density at radius 1 is 0.976 bits per heavy atom. The number of benzene rings is 1. The number of ether oxygens (including phenoxy) is 1. The Morgan fingerprint density at radius 3 is 2.12 bits per heavy atom. The van der Waals surface area contributed by atoms with Gasteiger partial charge in [-0.1, -0.05) is 44.2 Å². The van der Waals surface area contributed by atoms with Gasteiger partial charge in [-0.25, -0.2) is 0 Å². The van der Waals surface area contributed by atoms with Gasteiger partial charge in [0.15, 0.2) is 5.92 Å². The van der Waals surface area contributed by atoms with Gasteiger partial charge in [0, 0.05) is 29.8 Å². The normalized spacial score (nSPS) is 13.3. The second-order valence-electron chi connectivity index (χ2n) is 8.84. The van der Waals surface area contributed by atoms with Crippen LogP contribution in [-0.2, 0) is 28.3 Å². The molecule has 224 valence electrons. The van der Waals surface area contributed by atoms with Gasteiger partial charge < -0.3 is 4.74 Å². The first kappa shape index (κ1) is 32.5. The fraction of sp³-hybridized carbons (Fsp3) is 0.333. The zero-order valence-corrected chi connectivity index (χ0v) is 22.8. The van der Waals surface area contributed by atoms with Gasteiger partial charge in [0.1, 0.15) is 17.5 Å². The summed E-state index contributed by atoms with van der Waals surface area (Å²) >= 11 is 0.783. The first-order valence-corrected chi connectivity index (χ1v) is 13.4. The predicted molar refractivity (Wildman–Crippen MR) is 139 cm³/mol. The third kappa shape index (κ3) is 7.84. The van der Waals surface area contributed by atoms with Crippen LogP contribution >= 0.6 is 11.8 Å². The molecular weight excluding hydrogens is 592 g/mol. The molecule has 15 heteroatoms. The molecule has 0 aliphatic carbocycles. The number of alkyl halides is 6. The number of carbonyl (C=O) groups is 2. The van der Waals surface area contributed by atoms with E-state index >= 15 is 0 Å². The minimum absolute atomic E-state index is 0.124. The molecule has 0 saturated heterocycles. The summed E-state index contributed by atoms with van der Waals surface area (Å²) in [6.07, 6.45) is -9.77. The van der Waals surface area contributed by atoms with Gasteiger partial charge in [0.05, 0.1) is 16.1 Å². The number of ketones is 1. The maximum absolute atomic E-state index is 13.8. The van der Waals surface area contributed by atoms with Crippen molar-refractivity contribution in [1.82, 2.24) is 9.97 Å². The van der Waals surface area contributed by atoms with Crippen LogP contribution in [-0.4, -0.2) is 38.5 Å². The van der Waals surface area contributed by atoms with Crippen LogP contribution < -0.4 is 0 Å². The fourth-order valence-corrected chi connectivity index (χ4v) is 4.71. The Labute approximate surface area is 239 Å². The van der Waals surface area contributed by atoms with E-state index in [2.05, 4.69) is 9.97 Å². The van der Waals surface area contributed by atoms with Gasteiger partial charge in [-0.05, 0) is 23.8 Å². The molecular formula is C27H23F6N3O5S. The van der Waals surface area contributed by atoms with E-state index in [9.17, 15) is 46.0 Å². The Bertz CT molecular complexity index is 1450. The van der Waals surface area contributed by atoms with Crippen molar-refractivity contribution in [2.45, 2.75) is 56.0 Å². The summed E-state index contributed by atoms with van der Waals surface area (Å²) in [5.41, 5.74) is -4.88. The minimum Gasteiger partial charge on any atom is -0.461 e. The number of esters is 1. The average molecular weight is 616 g/mol. The lowest BCUT2D eigenvalue weighted by atomic mass is 9.94. The largest absolute Gasteiger partial charge is 0.461 e. The second-order valence-corrected chi connectivity index (χ2v) is 10.1. The number of rotatable bonds is 11. The molecule has 0 spiro atoms. The minimum atomic E-state index is -5.04. The molecule has 2 heterocycles. The molecule has 0 fully saturated rings. The van der Waals surface area contributed by atoms with Crippen molar-refractivity contribution in [1.29, 1.82) is 0 Å². The number of Topliss-reactive ketones (excluding diaryl/α,β-unsaturated/α-hetero) is 1. The van der Waals surface area contributed by atoms with Crippen LogP contribution in [0.2, 0.25) is 0 Å². The highest BCUT2D eigenvalue weighted by atomic mass is 32.2. The average Bonchev–Trinajstić information content (AvgIpc) is 2.92. The highest BCUT2D eigenvalue weighted by Gasteiger charge is 2.43. The summed E-state index contributed by atoms with van der Waals surface area (Å²) in [7, 11) is 0. The maximum Gasteiger partial charge on any atom is 0.418 e. The third-order valence-corrected chi connectivity index (χ3v) is 6.86. The molecule has 0 aliphatic heterocycles. The van der Waals surface area contributed by atoms with E-state index in [1.54, 1.807) is 44.2 Å². The summed E-state index contributed by atoms with van der Waals surface area (Å²) in [5, 5.41) is 11.8. The van der Waals surface area contributed by atoms with Crippen LogP contribution in [0.5, 0.6) is 0 Å². The molecule has 0 bridgehead atoms. The summed E-state index contributed by atoms with van der Waals surface area (Å²) < 4.78 is 85.5. The van der Waals surface area contributed by atoms with E-state index in [4.69, 9.17) is 4.74 Å². The molecule has 3 rings (SSSR count). The Hall–Kier alpha value is -4.01. The molecule has 0 N–H and O–H groups in total. The monoisotopic (exact) mass is 615 g/mol. The SMILES string of the molecule is CCSc1cc(C(F)(F)F)cnc1C(=O)C(C(=O)OC(CC)Cc1ccccc1)c1ncc(C(F)(F)F)cc1[N+](=O)[O-]. The third-order valence-electron chi connectivity index (χ3n) is 5.95. The van der Waals surface area contributed by atoms with E-state index in [0.29, 0.717) is 12.3 Å². The van der Waals surface area contributed by atoms with Crippen LogP contribution in [0.3, 0.4) is 0 Å². The number of halogens is 6. The van der Waals surface area contributed by atoms with Crippen molar-refractivity contribution in [3.63, 3.8) is 0 Å². The Balaban J connectivity index is 2.16. The fourth-order valence-electron chi connectivity index (χ4n) is 3.90. The van der Waals surface area contributed by atoms with E-state index in [0.717, 1.165) is 17.3 Å². The van der Waals surface area contributed by atoms with Crippen LogP contribution in [0.25, 0.3) is 0 Å². The maximum atomic E-state index is 13.8. The number of hydrogen-bond donors (Lipinski definition) is 0. The first-order chi connectivity index (χ1) is 19.7. The van der Waals surface area contributed by atoms with Crippen molar-refractivity contribution in [2.24, 2.45) is 0 Å². The molecule has 2 aromatic heterocycles. The van der Waals surface area contributed by atoms with Gasteiger partial charge >= 0.3 is 18.3 Å². The number of pyridine rings is 2. The quantitative estimate of drug-likeness (QED) is 0.0429. The lowest BCUT2D eigenvalue weighted by Gasteiger charge is -2.21. The van der Waals surface area contributed by atoms with Crippen LogP contribution in [0, 0.1) is 10.1 Å². The second kappa shape index (κ2) is 13.3. The standard InChI is InChI=1S/C27H23F6N3O5S/c1-3-18(10-15-8-6-5-7-9-15)41-25(38)21(22-19(36(39)40)11-16(13-34-22)26(28,29)30)24(37)23-20(42-4-2)12-17(14-35-23)27(31,32)33/h5-9,11-14,18,21H,3-4,10H2,1-2H3. The highest BCUT2D eigenvalue weighted by molar-refractivity contribution is 7.99. The molecule has 42 heavy (non-hydrogen) atoms. The Morgan fingerprint density at radius 2 is 1.57 bits per heavy atom. The van der Waals surface area contributed by atoms with E-state index in [1.807, 2.05) is 0 Å². The number of hydrogen-bond acceptors (Lipinski definition) is 8. The number of aromatic nitrogens is 2. The number of thioether (sulfide) groups is 1. The van der Waals surface area contributed by atoms with Crippen LogP contribution in [0.4, 0.5) is 32.0 Å². The molecule has 8 nitrogen and oxygen atoms in total. The van der Waals surface area contributed by atoms with Gasteiger partial charge in [-0.2, -0.15) is 26.3 Å². The predicted octanol–water partition coefficient (Wildman–Crippen LogP) is 7.07. The van der Waals surface area contributed by atoms with E-state index in [1.165, 1.54) is 0 Å². The van der Waals surface area contributed by atoms with Gasteiger partial charge in [0.25, 0.3) is 5.69 Å². The highest BCUT2D eigenvalue weighted by Crippen LogP contribution is 2.38. The van der Waals surface area contributed by atoms with E-state index < -0.39 is 69.3 Å². The molecule has 1 aromatic carbocycles. The zero-order valence-electron chi connectivity index (χ0n) is 22.0. The van der Waals surface area contributed by atoms with Gasteiger partial charge in [0.2, 0.25) is 5.78 Å². The Kier molecular flexibility index (Phi) is 10.3. The zero-order chi connectivity index (χ0) is 31.2. The number of nitrogens with zero attached hydrogens (tertiary/aromatic N) is 3. The molecule has 0 saturated carbocycles. The van der Waals surface area contributed by atoms with Gasteiger partial charge in [-0.3, -0.25) is 29.7 Å². The number of nitro groups is 1. The summed E-state index contributed by atoms with van der Waals surface area (Å²) in [5.74, 6) is -4.84. The van der Waals surface area contributed by atoms with Crippen molar-refractivity contribution in [3.05, 3.63) is 93.1 Å². The molecule has 0 aliphatic rings.